The van der Waals surface area contributed by atoms with Gasteiger partial charge in [0.15, 0.2) is 0 Å². The molecule has 1 aliphatic carbocycles. The van der Waals surface area contributed by atoms with E-state index in [1.54, 1.807) is 12.2 Å². The molecular weight excluding hydrogens is 200 g/mol. The summed E-state index contributed by atoms with van der Waals surface area (Å²) in [5.74, 6) is 12.7. The topological polar surface area (TPSA) is 40.5 Å². The van der Waals surface area contributed by atoms with E-state index in [1.807, 2.05) is 0 Å². The summed E-state index contributed by atoms with van der Waals surface area (Å²) in [7, 11) is 0. The highest BCUT2D eigenvalue weighted by Crippen LogP contribution is 2.25. The second-order valence-corrected chi connectivity index (χ2v) is 3.93. The van der Waals surface area contributed by atoms with E-state index in [-0.39, 0.29) is 13.2 Å². The molecule has 0 bridgehead atoms. The number of hydrogen-bond donors (Lipinski definition) is 2. The van der Waals surface area contributed by atoms with Gasteiger partial charge in [0.25, 0.3) is 0 Å². The standard InChI is InChI=1S/C14H18O2/c15-11-9-13-7-5-3-1-2-4-6-8-14(13)10-12-16/h1-2,13-16H,7-12H2/b2-1-/t13-,14+. The Labute approximate surface area is 97.4 Å². The maximum atomic E-state index is 9.03. The Hall–Kier alpha value is -1.22. The van der Waals surface area contributed by atoms with Crippen LogP contribution in [0.1, 0.15) is 25.7 Å². The number of aliphatic hydroxyl groups excluding tert-OH is 2. The molecule has 0 aromatic rings. The van der Waals surface area contributed by atoms with E-state index in [1.165, 1.54) is 0 Å². The summed E-state index contributed by atoms with van der Waals surface area (Å²) in [4.78, 5) is 0. The molecule has 0 amide bonds. The van der Waals surface area contributed by atoms with Gasteiger partial charge in [0.05, 0.1) is 0 Å². The van der Waals surface area contributed by atoms with Crippen molar-refractivity contribution in [2.75, 3.05) is 13.2 Å². The number of aliphatic hydroxyl groups is 2. The van der Waals surface area contributed by atoms with E-state index in [4.69, 9.17) is 10.2 Å². The molecule has 86 valence electrons. The van der Waals surface area contributed by atoms with Crippen molar-refractivity contribution in [3.05, 3.63) is 12.2 Å². The summed E-state index contributed by atoms with van der Waals surface area (Å²) in [5.41, 5.74) is 0. The Morgan fingerprint density at radius 2 is 1.31 bits per heavy atom. The molecule has 0 fully saturated rings. The Morgan fingerprint density at radius 3 is 1.69 bits per heavy atom. The fraction of sp³-hybridized carbons (Fsp3) is 0.571. The molecule has 2 heteroatoms. The van der Waals surface area contributed by atoms with Crippen molar-refractivity contribution in [2.24, 2.45) is 11.8 Å². The van der Waals surface area contributed by atoms with E-state index in [9.17, 15) is 0 Å². The van der Waals surface area contributed by atoms with E-state index in [0.29, 0.717) is 11.8 Å². The molecule has 0 aromatic heterocycles. The highest BCUT2D eigenvalue weighted by atomic mass is 16.3. The average Bonchev–Trinajstić information content (AvgIpc) is 2.30. The molecule has 2 atom stereocenters. The highest BCUT2D eigenvalue weighted by molar-refractivity contribution is 5.25. The predicted molar refractivity (Wildman–Crippen MR) is 64.3 cm³/mol. The Kier molecular flexibility index (Phi) is 6.42. The van der Waals surface area contributed by atoms with Gasteiger partial charge in [0.1, 0.15) is 0 Å². The van der Waals surface area contributed by atoms with Crippen molar-refractivity contribution < 1.29 is 10.2 Å². The van der Waals surface area contributed by atoms with Gasteiger partial charge in [-0.25, -0.2) is 0 Å². The molecule has 2 N–H and O–H groups in total. The van der Waals surface area contributed by atoms with Gasteiger partial charge in [0.2, 0.25) is 0 Å². The monoisotopic (exact) mass is 218 g/mol. The molecular formula is C14H18O2. The fourth-order valence-electron chi connectivity index (χ4n) is 1.92. The molecule has 0 aliphatic heterocycles. The Morgan fingerprint density at radius 1 is 0.875 bits per heavy atom. The van der Waals surface area contributed by atoms with Gasteiger partial charge < -0.3 is 10.2 Å². The lowest BCUT2D eigenvalue weighted by Crippen LogP contribution is -2.17. The van der Waals surface area contributed by atoms with Crippen LogP contribution in [-0.2, 0) is 0 Å². The molecule has 1 aliphatic rings. The normalized spacial score (nSPS) is 25.9. The zero-order valence-electron chi connectivity index (χ0n) is 9.45. The lowest BCUT2D eigenvalue weighted by atomic mass is 9.83. The molecule has 0 heterocycles. The van der Waals surface area contributed by atoms with E-state index >= 15 is 0 Å². The van der Waals surface area contributed by atoms with Crippen LogP contribution in [-0.4, -0.2) is 23.4 Å². The van der Waals surface area contributed by atoms with Crippen molar-refractivity contribution in [3.8, 4) is 23.7 Å². The Balaban J connectivity index is 2.73. The van der Waals surface area contributed by atoms with Crippen LogP contribution in [0.3, 0.4) is 0 Å². The second kappa shape index (κ2) is 7.99. The summed E-state index contributed by atoms with van der Waals surface area (Å²) in [6.07, 6.45) is 6.55. The second-order valence-electron chi connectivity index (χ2n) is 3.93. The molecule has 0 unspecified atom stereocenters. The summed E-state index contributed by atoms with van der Waals surface area (Å²) < 4.78 is 0. The van der Waals surface area contributed by atoms with Crippen LogP contribution in [0.15, 0.2) is 12.2 Å². The maximum absolute atomic E-state index is 9.03. The van der Waals surface area contributed by atoms with E-state index in [0.717, 1.165) is 25.7 Å². The summed E-state index contributed by atoms with van der Waals surface area (Å²) >= 11 is 0. The minimum Gasteiger partial charge on any atom is -0.396 e. The number of rotatable bonds is 4. The van der Waals surface area contributed by atoms with Gasteiger partial charge in [-0.2, -0.15) is 0 Å². The highest BCUT2D eigenvalue weighted by Gasteiger charge is 2.19. The molecule has 2 nitrogen and oxygen atoms in total. The van der Waals surface area contributed by atoms with Crippen molar-refractivity contribution in [3.63, 3.8) is 0 Å². The first-order chi connectivity index (χ1) is 7.88. The van der Waals surface area contributed by atoms with Crippen LogP contribution in [0, 0.1) is 35.5 Å². The third-order valence-corrected chi connectivity index (χ3v) is 2.85. The lowest BCUT2D eigenvalue weighted by Gasteiger charge is -2.22. The molecule has 0 aromatic carbocycles. The zero-order chi connectivity index (χ0) is 11.6. The minimum absolute atomic E-state index is 0.178. The summed E-state index contributed by atoms with van der Waals surface area (Å²) in [5, 5.41) is 18.1. The summed E-state index contributed by atoms with van der Waals surface area (Å²) in [6, 6.07) is 0. The quantitative estimate of drug-likeness (QED) is 0.699. The van der Waals surface area contributed by atoms with Crippen molar-refractivity contribution in [1.82, 2.24) is 0 Å². The van der Waals surface area contributed by atoms with E-state index < -0.39 is 0 Å². The van der Waals surface area contributed by atoms with Crippen molar-refractivity contribution in [2.45, 2.75) is 25.7 Å². The van der Waals surface area contributed by atoms with Crippen LogP contribution in [0.25, 0.3) is 0 Å². The van der Waals surface area contributed by atoms with Crippen LogP contribution in [0.5, 0.6) is 0 Å². The minimum atomic E-state index is 0.178. The van der Waals surface area contributed by atoms with Crippen molar-refractivity contribution >= 4 is 0 Å². The third kappa shape index (κ3) is 4.53. The smallest absolute Gasteiger partial charge is 0.0434 e. The van der Waals surface area contributed by atoms with Gasteiger partial charge in [-0.15, -0.1) is 0 Å². The largest absolute Gasteiger partial charge is 0.396 e. The van der Waals surface area contributed by atoms with Crippen LogP contribution in [0.4, 0.5) is 0 Å². The van der Waals surface area contributed by atoms with Crippen molar-refractivity contribution in [1.29, 1.82) is 0 Å². The third-order valence-electron chi connectivity index (χ3n) is 2.85. The number of hydrogen-bond acceptors (Lipinski definition) is 2. The molecule has 0 spiro atoms. The molecule has 16 heavy (non-hydrogen) atoms. The average molecular weight is 218 g/mol. The van der Waals surface area contributed by atoms with Gasteiger partial charge >= 0.3 is 0 Å². The van der Waals surface area contributed by atoms with Gasteiger partial charge in [-0.3, -0.25) is 0 Å². The fourth-order valence-corrected chi connectivity index (χ4v) is 1.92. The van der Waals surface area contributed by atoms with E-state index in [2.05, 4.69) is 23.7 Å². The maximum Gasteiger partial charge on any atom is 0.0434 e. The van der Waals surface area contributed by atoms with Crippen LogP contribution >= 0.6 is 0 Å². The van der Waals surface area contributed by atoms with Crippen LogP contribution < -0.4 is 0 Å². The van der Waals surface area contributed by atoms with Gasteiger partial charge in [-0.05, 0) is 36.8 Å². The van der Waals surface area contributed by atoms with Gasteiger partial charge in [-0.1, -0.05) is 23.7 Å². The van der Waals surface area contributed by atoms with Gasteiger partial charge in [0, 0.05) is 26.1 Å². The molecule has 1 rings (SSSR count). The zero-order valence-corrected chi connectivity index (χ0v) is 9.45. The predicted octanol–water partition coefficient (Wildman–Crippen LogP) is 1.34. The first-order valence-corrected chi connectivity index (χ1v) is 5.72. The first kappa shape index (κ1) is 12.8. The molecule has 0 radical (unpaired) electrons. The Bertz CT molecular complexity index is 301. The van der Waals surface area contributed by atoms with Crippen LogP contribution in [0.2, 0.25) is 0 Å². The molecule has 0 saturated carbocycles. The SMILES string of the molecule is OCC[C@H]1CC#C/C=C\C#CC[C@H]1CCO. The lowest BCUT2D eigenvalue weighted by molar-refractivity contribution is 0.186. The first-order valence-electron chi connectivity index (χ1n) is 5.72. The molecule has 0 saturated heterocycles. The number of allylic oxidation sites excluding steroid dienone is 2. The summed E-state index contributed by atoms with van der Waals surface area (Å²) in [6.45, 7) is 0.356.